The molecule has 7 heteroatoms. The molecule has 0 aromatic carbocycles. The summed E-state index contributed by atoms with van der Waals surface area (Å²) in [6.45, 7) is 8.36. The van der Waals surface area contributed by atoms with Gasteiger partial charge in [0.25, 0.3) is 0 Å². The third-order valence-corrected chi connectivity index (χ3v) is 3.36. The molecule has 0 unspecified atom stereocenters. The number of nitrogens with zero attached hydrogens (tertiary/aromatic N) is 1. The number of rotatable bonds is 8. The molecule has 0 aliphatic heterocycles. The molecule has 112 valence electrons. The average molecular weight is 300 g/mol. The number of aromatic nitrogens is 1. The van der Waals surface area contributed by atoms with E-state index in [2.05, 4.69) is 10.3 Å². The summed E-state index contributed by atoms with van der Waals surface area (Å²) in [7, 11) is 0. The van der Waals surface area contributed by atoms with Crippen LogP contribution >= 0.6 is 11.3 Å². The molecule has 1 aromatic rings. The molecule has 1 heterocycles. The van der Waals surface area contributed by atoms with Gasteiger partial charge in [0, 0.05) is 13.5 Å². The fourth-order valence-corrected chi connectivity index (χ4v) is 2.30. The fraction of sp³-hybridized carbons (Fsp3) is 0.615. The molecule has 0 fully saturated rings. The van der Waals surface area contributed by atoms with Gasteiger partial charge >= 0.3 is 5.97 Å². The van der Waals surface area contributed by atoms with Gasteiger partial charge in [0.15, 0.2) is 16.6 Å². The van der Waals surface area contributed by atoms with Crippen LogP contribution in [0, 0.1) is 0 Å². The summed E-state index contributed by atoms with van der Waals surface area (Å²) in [5, 5.41) is 3.55. The first-order valence-corrected chi connectivity index (χ1v) is 7.31. The molecule has 0 saturated carbocycles. The van der Waals surface area contributed by atoms with Crippen LogP contribution in [0.4, 0.5) is 5.13 Å². The highest BCUT2D eigenvalue weighted by Gasteiger charge is 2.22. The Morgan fingerprint density at radius 3 is 2.65 bits per heavy atom. The van der Waals surface area contributed by atoms with Crippen molar-refractivity contribution in [1.29, 1.82) is 0 Å². The number of hydrogen-bond acceptors (Lipinski definition) is 7. The summed E-state index contributed by atoms with van der Waals surface area (Å²) in [5.41, 5.74) is 0.0802. The zero-order valence-corrected chi connectivity index (χ0v) is 13.0. The van der Waals surface area contributed by atoms with Crippen LogP contribution in [0.5, 0.6) is 0 Å². The standard InChI is InChI=1S/C13H20N2O4S/c1-5-18-12(17)10-11(9(4)16)20-13(15-10)14-6-7-19-8(2)3/h8H,5-7H2,1-4H3,(H,14,15). The summed E-state index contributed by atoms with van der Waals surface area (Å²) >= 11 is 1.15. The van der Waals surface area contributed by atoms with Crippen LogP contribution in [-0.2, 0) is 9.47 Å². The number of ketones is 1. The Hall–Kier alpha value is -1.47. The molecule has 0 atom stereocenters. The van der Waals surface area contributed by atoms with Gasteiger partial charge in [-0.15, -0.1) is 0 Å². The first kappa shape index (κ1) is 16.6. The lowest BCUT2D eigenvalue weighted by Gasteiger charge is -2.07. The lowest BCUT2D eigenvalue weighted by molar-refractivity contribution is 0.0517. The van der Waals surface area contributed by atoms with Gasteiger partial charge in [-0.05, 0) is 20.8 Å². The van der Waals surface area contributed by atoms with Gasteiger partial charge in [0.05, 0.1) is 19.3 Å². The highest BCUT2D eigenvalue weighted by atomic mass is 32.1. The first-order valence-electron chi connectivity index (χ1n) is 6.50. The molecule has 0 aliphatic rings. The van der Waals surface area contributed by atoms with E-state index < -0.39 is 5.97 Å². The molecule has 0 radical (unpaired) electrons. The molecule has 0 bridgehead atoms. The lowest BCUT2D eigenvalue weighted by atomic mass is 10.3. The first-order chi connectivity index (χ1) is 9.45. The number of esters is 1. The van der Waals surface area contributed by atoms with Gasteiger partial charge in [-0.3, -0.25) is 4.79 Å². The predicted molar refractivity (Wildman–Crippen MR) is 77.7 cm³/mol. The number of carbonyl (C=O) groups is 2. The Morgan fingerprint density at radius 1 is 1.40 bits per heavy atom. The van der Waals surface area contributed by atoms with Crippen LogP contribution in [-0.4, -0.2) is 42.6 Å². The maximum Gasteiger partial charge on any atom is 0.358 e. The summed E-state index contributed by atoms with van der Waals surface area (Å²) in [6.07, 6.45) is 0.163. The third-order valence-electron chi connectivity index (χ3n) is 2.25. The normalized spacial score (nSPS) is 10.7. The van der Waals surface area contributed by atoms with Gasteiger partial charge in [-0.1, -0.05) is 11.3 Å². The number of nitrogens with one attached hydrogen (secondary N) is 1. The maximum absolute atomic E-state index is 11.7. The van der Waals surface area contributed by atoms with Crippen LogP contribution in [0.1, 0.15) is 47.9 Å². The van der Waals surface area contributed by atoms with Crippen molar-refractivity contribution in [2.45, 2.75) is 33.8 Å². The zero-order valence-electron chi connectivity index (χ0n) is 12.2. The smallest absolute Gasteiger partial charge is 0.358 e. The van der Waals surface area contributed by atoms with E-state index in [9.17, 15) is 9.59 Å². The Balaban J connectivity index is 2.71. The van der Waals surface area contributed by atoms with E-state index in [1.807, 2.05) is 13.8 Å². The SMILES string of the molecule is CCOC(=O)c1nc(NCCOC(C)C)sc1C(C)=O. The van der Waals surface area contributed by atoms with E-state index in [4.69, 9.17) is 9.47 Å². The molecule has 6 nitrogen and oxygen atoms in total. The highest BCUT2D eigenvalue weighted by molar-refractivity contribution is 7.17. The average Bonchev–Trinajstić information content (AvgIpc) is 2.79. The van der Waals surface area contributed by atoms with Crippen molar-refractivity contribution < 1.29 is 19.1 Å². The molecule has 1 aromatic heterocycles. The summed E-state index contributed by atoms with van der Waals surface area (Å²) in [5.74, 6) is -0.766. The van der Waals surface area contributed by atoms with Crippen molar-refractivity contribution in [1.82, 2.24) is 4.98 Å². The Labute approximate surface area is 122 Å². The molecule has 20 heavy (non-hydrogen) atoms. The monoisotopic (exact) mass is 300 g/mol. The second-order valence-electron chi connectivity index (χ2n) is 4.32. The molecule has 0 saturated heterocycles. The number of thiazole rings is 1. The van der Waals surface area contributed by atoms with E-state index in [1.165, 1.54) is 6.92 Å². The summed E-state index contributed by atoms with van der Waals surface area (Å²) in [4.78, 5) is 27.7. The van der Waals surface area contributed by atoms with Gasteiger partial charge in [-0.25, -0.2) is 9.78 Å². The van der Waals surface area contributed by atoms with Crippen molar-refractivity contribution in [3.05, 3.63) is 10.6 Å². The maximum atomic E-state index is 11.7. The van der Waals surface area contributed by atoms with Crippen LogP contribution in [0.15, 0.2) is 0 Å². The fourth-order valence-electron chi connectivity index (χ4n) is 1.42. The predicted octanol–water partition coefficient (Wildman–Crippen LogP) is 2.36. The number of hydrogen-bond donors (Lipinski definition) is 1. The van der Waals surface area contributed by atoms with Gasteiger partial charge < -0.3 is 14.8 Å². The van der Waals surface area contributed by atoms with Crippen molar-refractivity contribution in [2.75, 3.05) is 25.1 Å². The van der Waals surface area contributed by atoms with Gasteiger partial charge in [0.1, 0.15) is 4.88 Å². The number of Topliss-reactive ketones (excluding diaryl/α,β-unsaturated/α-hetero) is 1. The van der Waals surface area contributed by atoms with E-state index >= 15 is 0 Å². The van der Waals surface area contributed by atoms with Crippen molar-refractivity contribution >= 4 is 28.2 Å². The quantitative estimate of drug-likeness (QED) is 0.451. The third kappa shape index (κ3) is 4.90. The van der Waals surface area contributed by atoms with Crippen molar-refractivity contribution in [2.24, 2.45) is 0 Å². The number of ether oxygens (including phenoxy) is 2. The molecule has 0 amide bonds. The Kier molecular flexibility index (Phi) is 6.60. The molecular weight excluding hydrogens is 280 g/mol. The Bertz CT molecular complexity index is 471. The van der Waals surface area contributed by atoms with Crippen LogP contribution in [0.3, 0.4) is 0 Å². The second kappa shape index (κ2) is 7.96. The minimum Gasteiger partial charge on any atom is -0.461 e. The van der Waals surface area contributed by atoms with Crippen LogP contribution in [0.25, 0.3) is 0 Å². The van der Waals surface area contributed by atoms with Crippen LogP contribution < -0.4 is 5.32 Å². The topological polar surface area (TPSA) is 77.5 Å². The van der Waals surface area contributed by atoms with Gasteiger partial charge in [0.2, 0.25) is 0 Å². The largest absolute Gasteiger partial charge is 0.461 e. The van der Waals surface area contributed by atoms with Crippen LogP contribution in [0.2, 0.25) is 0 Å². The molecule has 1 rings (SSSR count). The Morgan fingerprint density at radius 2 is 2.10 bits per heavy atom. The number of carbonyl (C=O) groups excluding carboxylic acids is 2. The lowest BCUT2D eigenvalue weighted by Crippen LogP contribution is -2.13. The molecule has 0 aliphatic carbocycles. The zero-order chi connectivity index (χ0) is 15.1. The minimum atomic E-state index is -0.569. The van der Waals surface area contributed by atoms with E-state index in [-0.39, 0.29) is 24.2 Å². The molecule has 1 N–H and O–H groups in total. The van der Waals surface area contributed by atoms with E-state index in [1.54, 1.807) is 6.92 Å². The number of anilines is 1. The molecule has 0 spiro atoms. The highest BCUT2D eigenvalue weighted by Crippen LogP contribution is 2.24. The van der Waals surface area contributed by atoms with E-state index in [0.29, 0.717) is 23.2 Å². The van der Waals surface area contributed by atoms with Gasteiger partial charge in [-0.2, -0.15) is 0 Å². The summed E-state index contributed by atoms with van der Waals surface area (Å²) in [6, 6.07) is 0. The van der Waals surface area contributed by atoms with Crippen molar-refractivity contribution in [3.63, 3.8) is 0 Å². The molecular formula is C13H20N2O4S. The van der Waals surface area contributed by atoms with Crippen molar-refractivity contribution in [3.8, 4) is 0 Å². The summed E-state index contributed by atoms with van der Waals surface area (Å²) < 4.78 is 10.3. The van der Waals surface area contributed by atoms with E-state index in [0.717, 1.165) is 11.3 Å². The second-order valence-corrected chi connectivity index (χ2v) is 5.32. The minimum absolute atomic E-state index is 0.0802.